The van der Waals surface area contributed by atoms with E-state index in [1.165, 1.54) is 0 Å². The molecule has 0 aromatic carbocycles. The van der Waals surface area contributed by atoms with E-state index < -0.39 is 0 Å². The fraction of sp³-hybridized carbons (Fsp3) is 0.923. The topological polar surface area (TPSA) is 26.3 Å². The van der Waals surface area contributed by atoms with E-state index in [1.54, 1.807) is 7.11 Å². The van der Waals surface area contributed by atoms with Crippen molar-refractivity contribution in [3.8, 4) is 0 Å². The van der Waals surface area contributed by atoms with Crippen molar-refractivity contribution < 1.29 is 14.0 Å². The molecule has 0 aromatic rings. The molecule has 1 rings (SSSR count). The van der Waals surface area contributed by atoms with Crippen LogP contribution in [-0.2, 0) is 9.53 Å². The van der Waals surface area contributed by atoms with E-state index in [-0.39, 0.29) is 5.92 Å². The van der Waals surface area contributed by atoms with Gasteiger partial charge in [-0.3, -0.25) is 4.79 Å². The summed E-state index contributed by atoms with van der Waals surface area (Å²) in [6.07, 6.45) is 2.11. The average molecular weight is 228 g/mol. The number of piperidine rings is 1. The zero-order chi connectivity index (χ0) is 12.2. The maximum absolute atomic E-state index is 11.9. The van der Waals surface area contributed by atoms with Crippen molar-refractivity contribution >= 4 is 5.78 Å². The molecular weight excluding hydrogens is 202 g/mol. The van der Waals surface area contributed by atoms with E-state index in [0.29, 0.717) is 11.7 Å². The summed E-state index contributed by atoms with van der Waals surface area (Å²) in [6.45, 7) is 8.14. The van der Waals surface area contributed by atoms with Crippen molar-refractivity contribution in [1.82, 2.24) is 0 Å². The minimum absolute atomic E-state index is 0.195. The smallest absolute Gasteiger partial charge is 0.138 e. The Kier molecular flexibility index (Phi) is 4.93. The molecule has 1 fully saturated rings. The number of methoxy groups -OCH3 is 1. The highest BCUT2D eigenvalue weighted by molar-refractivity contribution is 5.82. The summed E-state index contributed by atoms with van der Waals surface area (Å²) in [6, 6.07) is 0. The first-order valence-corrected chi connectivity index (χ1v) is 6.35. The van der Waals surface area contributed by atoms with Crippen LogP contribution in [0.25, 0.3) is 0 Å². The monoisotopic (exact) mass is 228 g/mol. The van der Waals surface area contributed by atoms with Crippen molar-refractivity contribution in [3.05, 3.63) is 0 Å². The molecule has 0 radical (unpaired) electrons. The molecule has 3 nitrogen and oxygen atoms in total. The number of Topliss-reactive ketones (excluding diaryl/α,β-unsaturated/α-hetero) is 1. The van der Waals surface area contributed by atoms with E-state index in [4.69, 9.17) is 4.74 Å². The predicted molar refractivity (Wildman–Crippen MR) is 65.2 cm³/mol. The zero-order valence-corrected chi connectivity index (χ0v) is 11.2. The Hall–Kier alpha value is -0.410. The highest BCUT2D eigenvalue weighted by Crippen LogP contribution is 2.24. The lowest BCUT2D eigenvalue weighted by Crippen LogP contribution is -2.52. The van der Waals surface area contributed by atoms with Gasteiger partial charge in [-0.1, -0.05) is 13.8 Å². The fourth-order valence-corrected chi connectivity index (χ4v) is 2.48. The van der Waals surface area contributed by atoms with E-state index in [0.717, 1.165) is 43.6 Å². The highest BCUT2D eigenvalue weighted by Gasteiger charge is 2.33. The van der Waals surface area contributed by atoms with Gasteiger partial charge in [0.2, 0.25) is 0 Å². The number of nitrogens with zero attached hydrogens (tertiary/aromatic N) is 1. The standard InChI is InChI=1S/C13H26NO2/c1-11(2)13(15)12-5-7-14(3,8-6-12)9-10-16-4/h11-12H,5-10H2,1-4H3/q+1. The Morgan fingerprint density at radius 2 is 1.94 bits per heavy atom. The lowest BCUT2D eigenvalue weighted by atomic mass is 9.86. The fourth-order valence-electron chi connectivity index (χ4n) is 2.48. The van der Waals surface area contributed by atoms with Gasteiger partial charge < -0.3 is 9.22 Å². The summed E-state index contributed by atoms with van der Waals surface area (Å²) in [5, 5.41) is 0. The molecule has 0 N–H and O–H groups in total. The van der Waals surface area contributed by atoms with Crippen LogP contribution in [0.1, 0.15) is 26.7 Å². The molecular formula is C13H26NO2+. The van der Waals surface area contributed by atoms with Crippen molar-refractivity contribution in [2.24, 2.45) is 11.8 Å². The van der Waals surface area contributed by atoms with Crippen LogP contribution >= 0.6 is 0 Å². The third-order valence-corrected chi connectivity index (χ3v) is 3.84. The molecule has 0 unspecified atom stereocenters. The van der Waals surface area contributed by atoms with Crippen LogP contribution in [-0.4, -0.2) is 50.7 Å². The summed E-state index contributed by atoms with van der Waals surface area (Å²) in [7, 11) is 4.02. The number of carbonyl (C=O) groups is 1. The highest BCUT2D eigenvalue weighted by atomic mass is 16.5. The van der Waals surface area contributed by atoms with Gasteiger partial charge in [-0.2, -0.15) is 0 Å². The van der Waals surface area contributed by atoms with E-state index in [1.807, 2.05) is 13.8 Å². The second-order valence-electron chi connectivity index (χ2n) is 5.61. The molecule has 1 aliphatic rings. The van der Waals surface area contributed by atoms with Crippen LogP contribution in [0.2, 0.25) is 0 Å². The summed E-state index contributed by atoms with van der Waals surface area (Å²) < 4.78 is 6.20. The largest absolute Gasteiger partial charge is 0.379 e. The van der Waals surface area contributed by atoms with Gasteiger partial charge >= 0.3 is 0 Å². The van der Waals surface area contributed by atoms with Crippen LogP contribution in [0.4, 0.5) is 0 Å². The normalized spacial score (nSPS) is 30.7. The number of ether oxygens (including phenoxy) is 1. The minimum atomic E-state index is 0.195. The number of carbonyl (C=O) groups excluding carboxylic acids is 1. The molecule has 0 saturated carbocycles. The second kappa shape index (κ2) is 5.78. The Bertz CT molecular complexity index is 230. The van der Waals surface area contributed by atoms with Gasteiger partial charge in [0.05, 0.1) is 26.7 Å². The molecule has 0 amide bonds. The van der Waals surface area contributed by atoms with Gasteiger partial charge in [0.1, 0.15) is 12.3 Å². The van der Waals surface area contributed by atoms with Crippen LogP contribution in [0.15, 0.2) is 0 Å². The van der Waals surface area contributed by atoms with Gasteiger partial charge in [-0.25, -0.2) is 0 Å². The number of hydrogen-bond acceptors (Lipinski definition) is 2. The number of likely N-dealkylation sites (N-methyl/N-ethyl adjacent to an activating group) is 1. The molecule has 0 aliphatic carbocycles. The van der Waals surface area contributed by atoms with E-state index in [2.05, 4.69) is 7.05 Å². The Balaban J connectivity index is 2.41. The average Bonchev–Trinajstić information content (AvgIpc) is 2.26. The van der Waals surface area contributed by atoms with Gasteiger partial charge in [-0.15, -0.1) is 0 Å². The minimum Gasteiger partial charge on any atom is -0.379 e. The lowest BCUT2D eigenvalue weighted by molar-refractivity contribution is -0.915. The van der Waals surface area contributed by atoms with Crippen LogP contribution < -0.4 is 0 Å². The molecule has 0 spiro atoms. The first kappa shape index (κ1) is 13.7. The van der Waals surface area contributed by atoms with Crippen molar-refractivity contribution in [2.75, 3.05) is 40.4 Å². The number of rotatable bonds is 5. The molecule has 0 aromatic heterocycles. The van der Waals surface area contributed by atoms with E-state index >= 15 is 0 Å². The van der Waals surface area contributed by atoms with Crippen LogP contribution in [0.5, 0.6) is 0 Å². The van der Waals surface area contributed by atoms with Gasteiger partial charge in [0, 0.05) is 31.8 Å². The molecule has 94 valence electrons. The summed E-state index contributed by atoms with van der Waals surface area (Å²) in [4.78, 5) is 11.9. The number of ketones is 1. The van der Waals surface area contributed by atoms with E-state index in [9.17, 15) is 4.79 Å². The number of quaternary nitrogens is 1. The maximum atomic E-state index is 11.9. The number of hydrogen-bond donors (Lipinski definition) is 0. The molecule has 1 heterocycles. The molecule has 1 saturated heterocycles. The van der Waals surface area contributed by atoms with Crippen molar-refractivity contribution in [3.63, 3.8) is 0 Å². The lowest BCUT2D eigenvalue weighted by Gasteiger charge is -2.40. The molecule has 3 heteroatoms. The molecule has 0 atom stereocenters. The summed E-state index contributed by atoms with van der Waals surface area (Å²) >= 11 is 0. The summed E-state index contributed by atoms with van der Waals surface area (Å²) in [5.74, 6) is 0.965. The van der Waals surface area contributed by atoms with Gasteiger partial charge in [0.15, 0.2) is 0 Å². The number of likely N-dealkylation sites (tertiary alicyclic amines) is 1. The maximum Gasteiger partial charge on any atom is 0.138 e. The summed E-state index contributed by atoms with van der Waals surface area (Å²) in [5.41, 5.74) is 0. The first-order valence-electron chi connectivity index (χ1n) is 6.35. The molecule has 1 aliphatic heterocycles. The SMILES string of the molecule is COCC[N+]1(C)CCC(C(=O)C(C)C)CC1. The van der Waals surface area contributed by atoms with Gasteiger partial charge in [-0.05, 0) is 0 Å². The van der Waals surface area contributed by atoms with Gasteiger partial charge in [0.25, 0.3) is 0 Å². The Morgan fingerprint density at radius 1 is 1.38 bits per heavy atom. The van der Waals surface area contributed by atoms with Crippen LogP contribution in [0, 0.1) is 11.8 Å². The first-order chi connectivity index (χ1) is 7.48. The predicted octanol–water partition coefficient (Wildman–Crippen LogP) is 1.71. The quantitative estimate of drug-likeness (QED) is 0.670. The second-order valence-corrected chi connectivity index (χ2v) is 5.61. The third kappa shape index (κ3) is 3.56. The third-order valence-electron chi connectivity index (χ3n) is 3.84. The Labute approximate surface area is 99.4 Å². The van der Waals surface area contributed by atoms with Crippen LogP contribution in [0.3, 0.4) is 0 Å². The Morgan fingerprint density at radius 3 is 2.38 bits per heavy atom. The molecule has 0 bridgehead atoms. The van der Waals surface area contributed by atoms with Crippen molar-refractivity contribution in [2.45, 2.75) is 26.7 Å². The zero-order valence-electron chi connectivity index (χ0n) is 11.2. The molecule has 16 heavy (non-hydrogen) atoms. The van der Waals surface area contributed by atoms with Crippen molar-refractivity contribution in [1.29, 1.82) is 0 Å².